The van der Waals surface area contributed by atoms with E-state index in [-0.39, 0.29) is 26.6 Å². The number of aromatic nitrogens is 2. The van der Waals surface area contributed by atoms with Gasteiger partial charge in [-0.1, -0.05) is 40.9 Å². The highest BCUT2D eigenvalue weighted by atomic mass is 35.5. The average molecular weight is 318 g/mol. The average Bonchev–Trinajstić information content (AvgIpc) is 2.38. The van der Waals surface area contributed by atoms with Crippen LogP contribution in [0.1, 0.15) is 10.4 Å². The maximum atomic E-state index is 12.0. The Bertz CT molecular complexity index is 648. The molecule has 5 nitrogen and oxygen atoms in total. The van der Waals surface area contributed by atoms with E-state index in [1.54, 1.807) is 12.1 Å². The predicted molar refractivity (Wildman–Crippen MR) is 75.9 cm³/mol. The molecule has 0 aliphatic carbocycles. The zero-order chi connectivity index (χ0) is 14.0. The Labute approximate surface area is 123 Å². The highest BCUT2D eigenvalue weighted by Crippen LogP contribution is 2.27. The molecule has 8 heteroatoms. The maximum absolute atomic E-state index is 12.0. The molecule has 0 fully saturated rings. The molecule has 98 valence electrons. The normalized spacial score (nSPS) is 10.3. The lowest BCUT2D eigenvalue weighted by atomic mass is 10.2. The standard InChI is InChI=1S/C11H7Cl3N4O/c12-7-5(2-1-3-6(7)15)11(19)18-10-8(13)9(14)16-4-17-10/h1-4H,15H2,(H,16,17,18,19). The van der Waals surface area contributed by atoms with Crippen molar-refractivity contribution in [2.45, 2.75) is 0 Å². The summed E-state index contributed by atoms with van der Waals surface area (Å²) in [6.07, 6.45) is 1.19. The molecule has 0 radical (unpaired) electrons. The van der Waals surface area contributed by atoms with Crippen LogP contribution in [0.3, 0.4) is 0 Å². The van der Waals surface area contributed by atoms with E-state index in [1.807, 2.05) is 0 Å². The van der Waals surface area contributed by atoms with Gasteiger partial charge in [0.25, 0.3) is 5.91 Å². The second kappa shape index (κ2) is 5.61. The summed E-state index contributed by atoms with van der Waals surface area (Å²) >= 11 is 17.5. The second-order valence-corrected chi connectivity index (χ2v) is 4.60. The van der Waals surface area contributed by atoms with Gasteiger partial charge in [0.2, 0.25) is 0 Å². The Hall–Kier alpha value is -1.56. The van der Waals surface area contributed by atoms with E-state index in [9.17, 15) is 4.79 Å². The number of halogens is 3. The molecule has 0 saturated carbocycles. The van der Waals surface area contributed by atoms with Gasteiger partial charge in [0, 0.05) is 0 Å². The van der Waals surface area contributed by atoms with Crippen molar-refractivity contribution in [3.05, 3.63) is 45.3 Å². The molecular weight excluding hydrogens is 311 g/mol. The van der Waals surface area contributed by atoms with E-state index in [1.165, 1.54) is 12.4 Å². The Kier molecular flexibility index (Phi) is 4.09. The predicted octanol–water partition coefficient (Wildman–Crippen LogP) is 3.27. The Morgan fingerprint density at radius 3 is 2.63 bits per heavy atom. The summed E-state index contributed by atoms with van der Waals surface area (Å²) in [5.74, 6) is -0.390. The molecule has 0 spiro atoms. The molecule has 19 heavy (non-hydrogen) atoms. The molecule has 2 aromatic rings. The molecule has 0 aliphatic rings. The summed E-state index contributed by atoms with van der Waals surface area (Å²) in [5, 5.41) is 2.75. The lowest BCUT2D eigenvalue weighted by Gasteiger charge is -2.08. The van der Waals surface area contributed by atoms with Gasteiger partial charge < -0.3 is 11.1 Å². The fourth-order valence-corrected chi connectivity index (χ4v) is 1.83. The number of nitrogens with zero attached hydrogens (tertiary/aromatic N) is 2. The van der Waals surface area contributed by atoms with Crippen molar-refractivity contribution in [3.8, 4) is 0 Å². The first-order valence-corrected chi connectivity index (χ1v) is 6.15. The van der Waals surface area contributed by atoms with Crippen molar-refractivity contribution in [2.75, 3.05) is 11.1 Å². The lowest BCUT2D eigenvalue weighted by molar-refractivity contribution is 0.102. The molecule has 0 aliphatic heterocycles. The zero-order valence-electron chi connectivity index (χ0n) is 9.32. The third-order valence-corrected chi connectivity index (χ3v) is 3.42. The van der Waals surface area contributed by atoms with Crippen LogP contribution in [0.4, 0.5) is 11.5 Å². The summed E-state index contributed by atoms with van der Waals surface area (Å²) < 4.78 is 0. The van der Waals surface area contributed by atoms with Crippen LogP contribution < -0.4 is 11.1 Å². The number of amides is 1. The summed E-state index contributed by atoms with van der Waals surface area (Å²) in [6.45, 7) is 0. The number of carbonyl (C=O) groups is 1. The first-order chi connectivity index (χ1) is 9.00. The van der Waals surface area contributed by atoms with Crippen LogP contribution in [0, 0.1) is 0 Å². The highest BCUT2D eigenvalue weighted by Gasteiger charge is 2.15. The quantitative estimate of drug-likeness (QED) is 0.658. The van der Waals surface area contributed by atoms with Gasteiger partial charge in [0.1, 0.15) is 11.3 Å². The minimum atomic E-state index is -0.492. The minimum absolute atomic E-state index is 0.0469. The second-order valence-electron chi connectivity index (χ2n) is 3.49. The topological polar surface area (TPSA) is 80.9 Å². The number of nitrogens with one attached hydrogen (secondary N) is 1. The smallest absolute Gasteiger partial charge is 0.258 e. The van der Waals surface area contributed by atoms with Gasteiger partial charge in [-0.15, -0.1) is 0 Å². The highest BCUT2D eigenvalue weighted by molar-refractivity contribution is 6.43. The monoisotopic (exact) mass is 316 g/mol. The first-order valence-electron chi connectivity index (χ1n) is 5.02. The molecule has 3 N–H and O–H groups in total. The van der Waals surface area contributed by atoms with E-state index in [2.05, 4.69) is 15.3 Å². The van der Waals surface area contributed by atoms with Gasteiger partial charge in [-0.2, -0.15) is 0 Å². The number of hydrogen-bond donors (Lipinski definition) is 2. The summed E-state index contributed by atoms with van der Waals surface area (Å²) in [6, 6.07) is 4.74. The van der Waals surface area contributed by atoms with Crippen LogP contribution >= 0.6 is 34.8 Å². The molecule has 0 bridgehead atoms. The van der Waals surface area contributed by atoms with Gasteiger partial charge in [0.15, 0.2) is 11.0 Å². The van der Waals surface area contributed by atoms with Crippen LogP contribution in [0.15, 0.2) is 24.5 Å². The van der Waals surface area contributed by atoms with Gasteiger partial charge in [-0.25, -0.2) is 9.97 Å². The van der Waals surface area contributed by atoms with Crippen LogP contribution in [0.5, 0.6) is 0 Å². The van der Waals surface area contributed by atoms with Crippen LogP contribution in [0.25, 0.3) is 0 Å². The molecule has 1 heterocycles. The number of rotatable bonds is 2. The van der Waals surface area contributed by atoms with Crippen LogP contribution in [0.2, 0.25) is 15.2 Å². The molecule has 1 amide bonds. The molecule has 2 rings (SSSR count). The van der Waals surface area contributed by atoms with Crippen LogP contribution in [-0.4, -0.2) is 15.9 Å². The van der Waals surface area contributed by atoms with Crippen molar-refractivity contribution < 1.29 is 4.79 Å². The number of carbonyl (C=O) groups excluding carboxylic acids is 1. The Balaban J connectivity index is 2.31. The van der Waals surface area contributed by atoms with Crippen LogP contribution in [-0.2, 0) is 0 Å². The molecular formula is C11H7Cl3N4O. The maximum Gasteiger partial charge on any atom is 0.258 e. The third kappa shape index (κ3) is 2.89. The molecule has 0 atom stereocenters. The number of benzene rings is 1. The minimum Gasteiger partial charge on any atom is -0.398 e. The van der Waals surface area contributed by atoms with Gasteiger partial charge in [0.05, 0.1) is 16.3 Å². The molecule has 1 aromatic heterocycles. The fraction of sp³-hybridized carbons (Fsp3) is 0. The van der Waals surface area contributed by atoms with E-state index >= 15 is 0 Å². The van der Waals surface area contributed by atoms with Crippen molar-refractivity contribution in [2.24, 2.45) is 0 Å². The summed E-state index contributed by atoms with van der Waals surface area (Å²) in [7, 11) is 0. The number of nitrogens with two attached hydrogens (primary N) is 1. The zero-order valence-corrected chi connectivity index (χ0v) is 11.6. The van der Waals surface area contributed by atoms with Gasteiger partial charge in [-0.05, 0) is 12.1 Å². The number of hydrogen-bond acceptors (Lipinski definition) is 4. The van der Waals surface area contributed by atoms with E-state index < -0.39 is 5.91 Å². The van der Waals surface area contributed by atoms with E-state index in [4.69, 9.17) is 40.5 Å². The largest absolute Gasteiger partial charge is 0.398 e. The van der Waals surface area contributed by atoms with Gasteiger partial charge in [-0.3, -0.25) is 4.79 Å². The SMILES string of the molecule is Nc1cccc(C(=O)Nc2ncnc(Cl)c2Cl)c1Cl. The summed E-state index contributed by atoms with van der Waals surface area (Å²) in [4.78, 5) is 19.5. The van der Waals surface area contributed by atoms with E-state index in [0.717, 1.165) is 0 Å². The van der Waals surface area contributed by atoms with E-state index in [0.29, 0.717) is 5.69 Å². The van der Waals surface area contributed by atoms with Crippen molar-refractivity contribution in [1.29, 1.82) is 0 Å². The molecule has 1 aromatic carbocycles. The van der Waals surface area contributed by atoms with Crippen molar-refractivity contribution >= 4 is 52.2 Å². The third-order valence-electron chi connectivity index (χ3n) is 2.25. The molecule has 0 saturated heterocycles. The number of nitrogen functional groups attached to an aromatic ring is 1. The Morgan fingerprint density at radius 2 is 1.89 bits per heavy atom. The van der Waals surface area contributed by atoms with Crippen molar-refractivity contribution in [1.82, 2.24) is 9.97 Å². The van der Waals surface area contributed by atoms with Crippen molar-refractivity contribution in [3.63, 3.8) is 0 Å². The number of anilines is 2. The fourth-order valence-electron chi connectivity index (χ4n) is 1.34. The first kappa shape index (κ1) is 13.9. The van der Waals surface area contributed by atoms with Gasteiger partial charge >= 0.3 is 0 Å². The Morgan fingerprint density at radius 1 is 1.16 bits per heavy atom. The summed E-state index contributed by atoms with van der Waals surface area (Å²) in [5.41, 5.74) is 6.14. The lowest BCUT2D eigenvalue weighted by Crippen LogP contribution is -2.14. The molecule has 0 unspecified atom stereocenters.